The van der Waals surface area contributed by atoms with Crippen LogP contribution in [0, 0.1) is 0 Å². The smallest absolute Gasteiger partial charge is 0.150 e. The third kappa shape index (κ3) is 4.29. The molecule has 0 aliphatic rings. The molecule has 6 heteroatoms. The van der Waals surface area contributed by atoms with Gasteiger partial charge in [-0.05, 0) is 17.7 Å². The van der Waals surface area contributed by atoms with Crippen molar-refractivity contribution < 1.29 is 13.5 Å². The highest BCUT2D eigenvalue weighted by molar-refractivity contribution is 7.90. The van der Waals surface area contributed by atoms with Gasteiger partial charge in [0.2, 0.25) is 0 Å². The average Bonchev–Trinajstić information content (AvgIpc) is 2.08. The molecular formula is C10H12Cl2O3S. The van der Waals surface area contributed by atoms with Crippen LogP contribution in [0.2, 0.25) is 10.0 Å². The summed E-state index contributed by atoms with van der Waals surface area (Å²) in [5.41, 5.74) is 0.571. The van der Waals surface area contributed by atoms with Crippen molar-refractivity contribution in [3.8, 4) is 0 Å². The minimum absolute atomic E-state index is 0.131. The SMILES string of the molecule is CS(=O)(=O)CC(O)Cc1c(Cl)cccc1Cl. The van der Waals surface area contributed by atoms with Crippen molar-refractivity contribution >= 4 is 33.0 Å². The van der Waals surface area contributed by atoms with E-state index in [0.29, 0.717) is 15.6 Å². The van der Waals surface area contributed by atoms with E-state index in [0.717, 1.165) is 6.26 Å². The quantitative estimate of drug-likeness (QED) is 0.918. The van der Waals surface area contributed by atoms with Gasteiger partial charge in [-0.15, -0.1) is 0 Å². The monoisotopic (exact) mass is 282 g/mol. The number of halogens is 2. The minimum atomic E-state index is -3.21. The lowest BCUT2D eigenvalue weighted by atomic mass is 10.1. The predicted molar refractivity (Wildman–Crippen MR) is 65.9 cm³/mol. The highest BCUT2D eigenvalue weighted by Crippen LogP contribution is 2.25. The molecule has 0 spiro atoms. The van der Waals surface area contributed by atoms with Gasteiger partial charge in [0.15, 0.2) is 0 Å². The van der Waals surface area contributed by atoms with E-state index in [-0.39, 0.29) is 12.2 Å². The van der Waals surface area contributed by atoms with Crippen LogP contribution in [0.15, 0.2) is 18.2 Å². The van der Waals surface area contributed by atoms with Gasteiger partial charge >= 0.3 is 0 Å². The van der Waals surface area contributed by atoms with Crippen LogP contribution < -0.4 is 0 Å². The lowest BCUT2D eigenvalue weighted by Gasteiger charge is -2.11. The molecule has 16 heavy (non-hydrogen) atoms. The third-order valence-corrected chi connectivity index (χ3v) is 3.70. The summed E-state index contributed by atoms with van der Waals surface area (Å²) in [6.07, 6.45) is 0.211. The first-order valence-corrected chi connectivity index (χ1v) is 7.40. The second-order valence-corrected chi connectivity index (χ2v) is 6.65. The summed E-state index contributed by atoms with van der Waals surface area (Å²) in [4.78, 5) is 0. The van der Waals surface area contributed by atoms with Crippen LogP contribution in [-0.2, 0) is 16.3 Å². The maximum atomic E-state index is 11.0. The van der Waals surface area contributed by atoms with Crippen molar-refractivity contribution in [2.24, 2.45) is 0 Å². The molecular weight excluding hydrogens is 271 g/mol. The molecule has 0 aromatic heterocycles. The lowest BCUT2D eigenvalue weighted by Crippen LogP contribution is -2.22. The molecule has 0 heterocycles. The maximum Gasteiger partial charge on any atom is 0.150 e. The number of benzene rings is 1. The Morgan fingerprint density at radius 3 is 2.25 bits per heavy atom. The number of hydrogen-bond acceptors (Lipinski definition) is 3. The van der Waals surface area contributed by atoms with E-state index >= 15 is 0 Å². The highest BCUT2D eigenvalue weighted by Gasteiger charge is 2.16. The molecule has 0 saturated heterocycles. The summed E-state index contributed by atoms with van der Waals surface area (Å²) in [5, 5.41) is 10.5. The van der Waals surface area contributed by atoms with E-state index in [9.17, 15) is 13.5 Å². The van der Waals surface area contributed by atoms with Crippen LogP contribution in [0.3, 0.4) is 0 Å². The lowest BCUT2D eigenvalue weighted by molar-refractivity contribution is 0.198. The fourth-order valence-corrected chi connectivity index (χ4v) is 2.74. The van der Waals surface area contributed by atoms with Gasteiger partial charge in [-0.25, -0.2) is 8.42 Å². The van der Waals surface area contributed by atoms with Gasteiger partial charge in [-0.2, -0.15) is 0 Å². The Morgan fingerprint density at radius 2 is 1.81 bits per heavy atom. The fourth-order valence-electron chi connectivity index (χ4n) is 1.37. The summed E-state index contributed by atoms with van der Waals surface area (Å²) in [6.45, 7) is 0. The molecule has 0 fully saturated rings. The van der Waals surface area contributed by atoms with Gasteiger partial charge in [0.1, 0.15) is 9.84 Å². The number of rotatable bonds is 4. The van der Waals surface area contributed by atoms with E-state index < -0.39 is 15.9 Å². The van der Waals surface area contributed by atoms with Gasteiger partial charge in [-0.3, -0.25) is 0 Å². The Labute approximate surface area is 105 Å². The summed E-state index contributed by atoms with van der Waals surface area (Å²) in [7, 11) is -3.21. The van der Waals surface area contributed by atoms with Crippen LogP contribution in [0.4, 0.5) is 0 Å². The molecule has 1 unspecified atom stereocenters. The Kier molecular flexibility index (Phi) is 4.62. The molecule has 3 nitrogen and oxygen atoms in total. The zero-order valence-electron chi connectivity index (χ0n) is 8.65. The number of hydrogen-bond donors (Lipinski definition) is 1. The van der Waals surface area contributed by atoms with E-state index in [1.807, 2.05) is 0 Å². The zero-order valence-corrected chi connectivity index (χ0v) is 11.0. The van der Waals surface area contributed by atoms with E-state index in [4.69, 9.17) is 23.2 Å². The molecule has 0 radical (unpaired) electrons. The summed E-state index contributed by atoms with van der Waals surface area (Å²) in [6, 6.07) is 4.99. The number of sulfone groups is 1. The fraction of sp³-hybridized carbons (Fsp3) is 0.400. The van der Waals surface area contributed by atoms with Crippen molar-refractivity contribution in [3.05, 3.63) is 33.8 Å². The van der Waals surface area contributed by atoms with Crippen molar-refractivity contribution in [2.75, 3.05) is 12.0 Å². The first kappa shape index (κ1) is 13.8. The molecule has 0 aliphatic carbocycles. The molecule has 0 amide bonds. The third-order valence-electron chi connectivity index (χ3n) is 2.00. The first-order valence-electron chi connectivity index (χ1n) is 4.58. The van der Waals surface area contributed by atoms with Crippen molar-refractivity contribution in [1.29, 1.82) is 0 Å². The maximum absolute atomic E-state index is 11.0. The normalized spacial score (nSPS) is 13.8. The molecule has 0 aliphatic heterocycles. The molecule has 1 atom stereocenters. The second-order valence-electron chi connectivity index (χ2n) is 3.65. The predicted octanol–water partition coefficient (Wildman–Crippen LogP) is 1.94. The summed E-state index contributed by atoms with van der Waals surface area (Å²) in [5.74, 6) is -0.297. The Balaban J connectivity index is 2.81. The standard InChI is InChI=1S/C10H12Cl2O3S/c1-16(14,15)6-7(13)5-8-9(11)3-2-4-10(8)12/h2-4,7,13H,5-6H2,1H3. The van der Waals surface area contributed by atoms with Gasteiger partial charge in [0.05, 0.1) is 11.9 Å². The minimum Gasteiger partial charge on any atom is -0.392 e. The molecule has 1 aromatic carbocycles. The second kappa shape index (κ2) is 5.36. The van der Waals surface area contributed by atoms with Gasteiger partial charge in [0, 0.05) is 22.7 Å². The van der Waals surface area contributed by atoms with E-state index in [2.05, 4.69) is 0 Å². The molecule has 90 valence electrons. The van der Waals surface area contributed by atoms with Gasteiger partial charge in [-0.1, -0.05) is 29.3 Å². The van der Waals surface area contributed by atoms with Crippen molar-refractivity contribution in [3.63, 3.8) is 0 Å². The van der Waals surface area contributed by atoms with Gasteiger partial charge in [0.25, 0.3) is 0 Å². The van der Waals surface area contributed by atoms with E-state index in [1.165, 1.54) is 0 Å². The topological polar surface area (TPSA) is 54.4 Å². The molecule has 1 aromatic rings. The largest absolute Gasteiger partial charge is 0.392 e. The molecule has 0 saturated carbocycles. The van der Waals surface area contributed by atoms with Crippen LogP contribution in [-0.4, -0.2) is 31.6 Å². The van der Waals surface area contributed by atoms with Crippen molar-refractivity contribution in [2.45, 2.75) is 12.5 Å². The van der Waals surface area contributed by atoms with Crippen LogP contribution in [0.5, 0.6) is 0 Å². The number of aliphatic hydroxyl groups is 1. The van der Waals surface area contributed by atoms with Gasteiger partial charge < -0.3 is 5.11 Å². The molecule has 1 rings (SSSR count). The Bertz CT molecular complexity index is 451. The Hall–Kier alpha value is -0.290. The molecule has 0 bridgehead atoms. The van der Waals surface area contributed by atoms with E-state index in [1.54, 1.807) is 18.2 Å². The van der Waals surface area contributed by atoms with Crippen LogP contribution in [0.1, 0.15) is 5.56 Å². The summed E-state index contributed by atoms with van der Waals surface area (Å²) < 4.78 is 22.0. The Morgan fingerprint density at radius 1 is 1.31 bits per heavy atom. The number of aliphatic hydroxyl groups excluding tert-OH is 1. The summed E-state index contributed by atoms with van der Waals surface area (Å²) >= 11 is 11.8. The first-order chi connectivity index (χ1) is 7.29. The van der Waals surface area contributed by atoms with Crippen molar-refractivity contribution in [1.82, 2.24) is 0 Å². The van der Waals surface area contributed by atoms with Crippen LogP contribution in [0.25, 0.3) is 0 Å². The highest BCUT2D eigenvalue weighted by atomic mass is 35.5. The zero-order chi connectivity index (χ0) is 12.3. The molecule has 1 N–H and O–H groups in total. The average molecular weight is 283 g/mol. The van der Waals surface area contributed by atoms with Crippen LogP contribution >= 0.6 is 23.2 Å².